The molecule has 0 heterocycles. The van der Waals surface area contributed by atoms with Crippen LogP contribution in [-0.2, 0) is 0 Å². The van der Waals surface area contributed by atoms with Crippen molar-refractivity contribution in [2.24, 2.45) is 5.41 Å². The highest BCUT2D eigenvalue weighted by Crippen LogP contribution is 2.46. The molecule has 112 valence electrons. The summed E-state index contributed by atoms with van der Waals surface area (Å²) < 4.78 is 19.6. The maximum Gasteiger partial charge on any atom is 0.129 e. The fraction of sp³-hybridized carbons (Fsp3) is 0.647. The van der Waals surface area contributed by atoms with Crippen LogP contribution in [0.15, 0.2) is 18.2 Å². The molecule has 1 aliphatic carbocycles. The van der Waals surface area contributed by atoms with Crippen LogP contribution in [0, 0.1) is 18.2 Å². The standard InChI is InChI=1S/C17H26FNO/c1-5-9-19-15-11-16(17(15,4)6-2)20-13-8-7-12(3)14(18)10-13/h7-8,10,15-16,19H,5-6,9,11H2,1-4H3. The van der Waals surface area contributed by atoms with Gasteiger partial charge in [0.2, 0.25) is 0 Å². The van der Waals surface area contributed by atoms with Gasteiger partial charge in [0.25, 0.3) is 0 Å². The molecule has 1 saturated carbocycles. The normalized spacial score (nSPS) is 29.1. The fourth-order valence-corrected chi connectivity index (χ4v) is 2.92. The van der Waals surface area contributed by atoms with Crippen molar-refractivity contribution < 1.29 is 9.13 Å². The predicted octanol–water partition coefficient (Wildman–Crippen LogP) is 4.07. The van der Waals surface area contributed by atoms with Gasteiger partial charge in [-0.05, 0) is 37.9 Å². The van der Waals surface area contributed by atoms with Gasteiger partial charge in [0.1, 0.15) is 17.7 Å². The van der Waals surface area contributed by atoms with Crippen molar-refractivity contribution in [1.29, 1.82) is 0 Å². The summed E-state index contributed by atoms with van der Waals surface area (Å²) in [5.74, 6) is 0.451. The minimum absolute atomic E-state index is 0.135. The van der Waals surface area contributed by atoms with E-state index >= 15 is 0 Å². The highest BCUT2D eigenvalue weighted by atomic mass is 19.1. The van der Waals surface area contributed by atoms with Crippen molar-refractivity contribution in [1.82, 2.24) is 5.32 Å². The summed E-state index contributed by atoms with van der Waals surface area (Å²) in [7, 11) is 0. The topological polar surface area (TPSA) is 21.3 Å². The molecule has 3 heteroatoms. The Kier molecular flexibility index (Phi) is 4.69. The average Bonchev–Trinajstić information content (AvgIpc) is 2.44. The van der Waals surface area contributed by atoms with Crippen LogP contribution in [0.3, 0.4) is 0 Å². The van der Waals surface area contributed by atoms with E-state index in [-0.39, 0.29) is 17.3 Å². The predicted molar refractivity (Wildman–Crippen MR) is 80.6 cm³/mol. The molecule has 0 bridgehead atoms. The summed E-state index contributed by atoms with van der Waals surface area (Å²) in [5.41, 5.74) is 0.794. The van der Waals surface area contributed by atoms with Gasteiger partial charge in [0.15, 0.2) is 0 Å². The van der Waals surface area contributed by atoms with Crippen LogP contribution in [0.1, 0.15) is 45.6 Å². The molecule has 3 unspecified atom stereocenters. The van der Waals surface area contributed by atoms with Crippen LogP contribution in [0.2, 0.25) is 0 Å². The van der Waals surface area contributed by atoms with Crippen LogP contribution in [0.4, 0.5) is 4.39 Å². The van der Waals surface area contributed by atoms with Gasteiger partial charge in [-0.2, -0.15) is 0 Å². The van der Waals surface area contributed by atoms with E-state index in [1.54, 1.807) is 13.0 Å². The average molecular weight is 279 g/mol. The van der Waals surface area contributed by atoms with Crippen LogP contribution in [0.25, 0.3) is 0 Å². The first-order valence-electron chi connectivity index (χ1n) is 7.67. The molecule has 0 saturated heterocycles. The van der Waals surface area contributed by atoms with Crippen molar-refractivity contribution in [2.75, 3.05) is 6.54 Å². The Morgan fingerprint density at radius 3 is 2.75 bits per heavy atom. The van der Waals surface area contributed by atoms with E-state index in [1.165, 1.54) is 6.07 Å². The fourth-order valence-electron chi connectivity index (χ4n) is 2.92. The van der Waals surface area contributed by atoms with E-state index < -0.39 is 0 Å². The zero-order valence-corrected chi connectivity index (χ0v) is 13.0. The van der Waals surface area contributed by atoms with Gasteiger partial charge in [-0.1, -0.05) is 26.8 Å². The van der Waals surface area contributed by atoms with E-state index in [0.717, 1.165) is 25.8 Å². The highest BCUT2D eigenvalue weighted by molar-refractivity contribution is 5.29. The van der Waals surface area contributed by atoms with Gasteiger partial charge in [-0.15, -0.1) is 0 Å². The van der Waals surface area contributed by atoms with Gasteiger partial charge in [-0.25, -0.2) is 4.39 Å². The minimum Gasteiger partial charge on any atom is -0.490 e. The van der Waals surface area contributed by atoms with E-state index in [9.17, 15) is 4.39 Å². The molecule has 0 aliphatic heterocycles. The van der Waals surface area contributed by atoms with Gasteiger partial charge in [-0.3, -0.25) is 0 Å². The first-order valence-corrected chi connectivity index (χ1v) is 7.67. The van der Waals surface area contributed by atoms with Crippen LogP contribution >= 0.6 is 0 Å². The van der Waals surface area contributed by atoms with E-state index in [0.29, 0.717) is 17.4 Å². The Hall–Kier alpha value is -1.09. The van der Waals surface area contributed by atoms with E-state index in [1.807, 2.05) is 6.07 Å². The lowest BCUT2D eigenvalue weighted by Crippen LogP contribution is -2.63. The molecule has 1 aromatic carbocycles. The lowest BCUT2D eigenvalue weighted by atomic mass is 9.61. The first kappa shape index (κ1) is 15.3. The number of halogens is 1. The smallest absolute Gasteiger partial charge is 0.129 e. The zero-order chi connectivity index (χ0) is 14.8. The third-order valence-corrected chi connectivity index (χ3v) is 4.81. The summed E-state index contributed by atoms with van der Waals surface area (Å²) in [5, 5.41) is 3.59. The summed E-state index contributed by atoms with van der Waals surface area (Å²) in [6.07, 6.45) is 3.38. The monoisotopic (exact) mass is 279 g/mol. The lowest BCUT2D eigenvalue weighted by molar-refractivity contribution is -0.0702. The Balaban J connectivity index is 2.01. The molecule has 1 N–H and O–H groups in total. The van der Waals surface area contributed by atoms with Crippen molar-refractivity contribution in [2.45, 2.75) is 59.1 Å². The molecule has 1 fully saturated rings. The molecular weight excluding hydrogens is 253 g/mol. The van der Waals surface area contributed by atoms with E-state index in [4.69, 9.17) is 4.74 Å². The van der Waals surface area contributed by atoms with Crippen LogP contribution in [-0.4, -0.2) is 18.7 Å². The Labute approximate surface area is 121 Å². The van der Waals surface area contributed by atoms with Gasteiger partial charge >= 0.3 is 0 Å². The van der Waals surface area contributed by atoms with Crippen molar-refractivity contribution >= 4 is 0 Å². The quantitative estimate of drug-likeness (QED) is 0.847. The number of nitrogens with one attached hydrogen (secondary N) is 1. The third-order valence-electron chi connectivity index (χ3n) is 4.81. The molecule has 20 heavy (non-hydrogen) atoms. The Morgan fingerprint density at radius 1 is 1.40 bits per heavy atom. The van der Waals surface area contributed by atoms with Gasteiger partial charge < -0.3 is 10.1 Å². The van der Waals surface area contributed by atoms with Crippen molar-refractivity contribution in [3.63, 3.8) is 0 Å². The molecule has 1 aliphatic rings. The number of benzene rings is 1. The third kappa shape index (κ3) is 2.83. The summed E-state index contributed by atoms with van der Waals surface area (Å²) in [6.45, 7) is 9.46. The van der Waals surface area contributed by atoms with Gasteiger partial charge in [0.05, 0.1) is 0 Å². The molecule has 0 aromatic heterocycles. The Morgan fingerprint density at radius 2 is 2.15 bits per heavy atom. The maximum absolute atomic E-state index is 13.6. The lowest BCUT2D eigenvalue weighted by Gasteiger charge is -2.53. The second-order valence-electron chi connectivity index (χ2n) is 6.12. The summed E-state index contributed by atoms with van der Waals surface area (Å²) >= 11 is 0. The molecule has 0 spiro atoms. The number of hydrogen-bond acceptors (Lipinski definition) is 2. The highest BCUT2D eigenvalue weighted by Gasteiger charge is 2.51. The summed E-state index contributed by atoms with van der Waals surface area (Å²) in [6, 6.07) is 5.65. The number of rotatable bonds is 6. The van der Waals surface area contributed by atoms with Crippen molar-refractivity contribution in [3.8, 4) is 5.75 Å². The number of hydrogen-bond donors (Lipinski definition) is 1. The zero-order valence-electron chi connectivity index (χ0n) is 13.0. The van der Waals surface area contributed by atoms with Crippen LogP contribution in [0.5, 0.6) is 5.75 Å². The molecule has 0 radical (unpaired) electrons. The molecule has 2 nitrogen and oxygen atoms in total. The van der Waals surface area contributed by atoms with Crippen molar-refractivity contribution in [3.05, 3.63) is 29.6 Å². The maximum atomic E-state index is 13.6. The van der Waals surface area contributed by atoms with E-state index in [2.05, 4.69) is 26.1 Å². The number of aryl methyl sites for hydroxylation is 1. The second-order valence-corrected chi connectivity index (χ2v) is 6.12. The largest absolute Gasteiger partial charge is 0.490 e. The minimum atomic E-state index is -0.194. The molecule has 0 amide bonds. The second kappa shape index (κ2) is 6.13. The summed E-state index contributed by atoms with van der Waals surface area (Å²) in [4.78, 5) is 0. The number of ether oxygens (including phenoxy) is 1. The SMILES string of the molecule is CCCNC1CC(Oc2ccc(C)c(F)c2)C1(C)CC. The van der Waals surface area contributed by atoms with Crippen LogP contribution < -0.4 is 10.1 Å². The molecular formula is C17H26FNO. The molecule has 1 aromatic rings. The molecule has 2 rings (SSSR count). The molecule has 3 atom stereocenters. The Bertz CT molecular complexity index is 462. The first-order chi connectivity index (χ1) is 9.51. The van der Waals surface area contributed by atoms with Gasteiger partial charge in [0, 0.05) is 23.9 Å².